The fraction of sp³-hybridized carbons (Fsp3) is 0.231. The van der Waals surface area contributed by atoms with E-state index in [0.29, 0.717) is 10.7 Å². The normalized spacial score (nSPS) is 10.6. The number of nitrogens with zero attached hydrogens (tertiary/aromatic N) is 1. The van der Waals surface area contributed by atoms with Crippen LogP contribution in [0.3, 0.4) is 0 Å². The first-order valence-electron chi connectivity index (χ1n) is 5.51. The van der Waals surface area contributed by atoms with E-state index in [1.54, 1.807) is 42.8 Å². The summed E-state index contributed by atoms with van der Waals surface area (Å²) >= 11 is 5.89. The van der Waals surface area contributed by atoms with Crippen molar-refractivity contribution in [3.05, 3.63) is 35.0 Å². The number of carbonyl (C=O) groups excluding carboxylic acids is 2. The summed E-state index contributed by atoms with van der Waals surface area (Å²) in [5.74, 6) is -1.49. The lowest BCUT2D eigenvalue weighted by molar-refractivity contribution is -0.137. The van der Waals surface area contributed by atoms with Crippen LogP contribution in [0.25, 0.3) is 10.9 Å². The minimum Gasteiger partial charge on any atom is -0.460 e. The number of Topliss-reactive ketones (excluding diaryl/α,β-unsaturated/α-hetero) is 1. The second-order valence-corrected chi connectivity index (χ2v) is 4.28. The molecular weight excluding hydrogens is 254 g/mol. The highest BCUT2D eigenvalue weighted by Crippen LogP contribution is 2.23. The van der Waals surface area contributed by atoms with E-state index in [1.165, 1.54) is 0 Å². The fourth-order valence-electron chi connectivity index (χ4n) is 1.84. The molecule has 0 saturated heterocycles. The number of benzene rings is 1. The number of ketones is 1. The van der Waals surface area contributed by atoms with Gasteiger partial charge in [-0.05, 0) is 31.2 Å². The maximum atomic E-state index is 11.9. The molecule has 0 fully saturated rings. The van der Waals surface area contributed by atoms with Gasteiger partial charge in [0.1, 0.15) is 0 Å². The Morgan fingerprint density at radius 2 is 2.06 bits per heavy atom. The largest absolute Gasteiger partial charge is 0.460 e. The van der Waals surface area contributed by atoms with Crippen LogP contribution in [-0.4, -0.2) is 22.9 Å². The molecule has 94 valence electrons. The molecular formula is C13H12ClNO3. The molecule has 0 amide bonds. The molecule has 1 heterocycles. The first-order chi connectivity index (χ1) is 8.54. The van der Waals surface area contributed by atoms with Crippen molar-refractivity contribution >= 4 is 34.3 Å². The Kier molecular flexibility index (Phi) is 3.39. The van der Waals surface area contributed by atoms with E-state index in [0.717, 1.165) is 10.9 Å². The maximum Gasteiger partial charge on any atom is 0.381 e. The maximum absolute atomic E-state index is 11.9. The van der Waals surface area contributed by atoms with E-state index < -0.39 is 11.8 Å². The minimum atomic E-state index is -0.838. The van der Waals surface area contributed by atoms with Crippen LogP contribution in [0.15, 0.2) is 24.3 Å². The second kappa shape index (κ2) is 4.82. The zero-order valence-electron chi connectivity index (χ0n) is 10.1. The molecule has 5 heteroatoms. The number of fused-ring (bicyclic) bond motifs is 1. The zero-order valence-corrected chi connectivity index (χ0v) is 10.8. The van der Waals surface area contributed by atoms with E-state index in [2.05, 4.69) is 0 Å². The Morgan fingerprint density at radius 3 is 2.72 bits per heavy atom. The molecule has 0 aliphatic carbocycles. The molecule has 18 heavy (non-hydrogen) atoms. The number of aromatic nitrogens is 1. The zero-order chi connectivity index (χ0) is 13.3. The van der Waals surface area contributed by atoms with Crippen molar-refractivity contribution in [2.75, 3.05) is 6.61 Å². The van der Waals surface area contributed by atoms with Gasteiger partial charge in [0.25, 0.3) is 5.78 Å². The summed E-state index contributed by atoms with van der Waals surface area (Å²) in [6, 6.07) is 6.93. The van der Waals surface area contributed by atoms with Gasteiger partial charge < -0.3 is 9.30 Å². The second-order valence-electron chi connectivity index (χ2n) is 3.84. The SMILES string of the molecule is CCOC(=O)C(=O)c1cc2cc(Cl)ccc2n1C. The Morgan fingerprint density at radius 1 is 1.33 bits per heavy atom. The van der Waals surface area contributed by atoms with Crippen molar-refractivity contribution in [2.45, 2.75) is 6.92 Å². The van der Waals surface area contributed by atoms with Crippen molar-refractivity contribution in [1.82, 2.24) is 4.57 Å². The van der Waals surface area contributed by atoms with Crippen LogP contribution in [0, 0.1) is 0 Å². The number of esters is 1. The lowest BCUT2D eigenvalue weighted by atomic mass is 10.2. The summed E-state index contributed by atoms with van der Waals surface area (Å²) in [4.78, 5) is 23.3. The summed E-state index contributed by atoms with van der Waals surface area (Å²) < 4.78 is 6.36. The third kappa shape index (κ3) is 2.11. The monoisotopic (exact) mass is 265 g/mol. The van der Waals surface area contributed by atoms with E-state index in [1.807, 2.05) is 0 Å². The number of halogens is 1. The first-order valence-corrected chi connectivity index (χ1v) is 5.88. The Balaban J connectivity index is 2.49. The van der Waals surface area contributed by atoms with E-state index in [4.69, 9.17) is 16.3 Å². The van der Waals surface area contributed by atoms with Crippen LogP contribution in [0.2, 0.25) is 5.02 Å². The highest BCUT2D eigenvalue weighted by Gasteiger charge is 2.21. The molecule has 4 nitrogen and oxygen atoms in total. The van der Waals surface area contributed by atoms with Gasteiger partial charge in [0, 0.05) is 23.0 Å². The van der Waals surface area contributed by atoms with Crippen molar-refractivity contribution in [2.24, 2.45) is 7.05 Å². The van der Waals surface area contributed by atoms with Crippen LogP contribution in [0.4, 0.5) is 0 Å². The van der Waals surface area contributed by atoms with Crippen molar-refractivity contribution in [3.63, 3.8) is 0 Å². The van der Waals surface area contributed by atoms with Gasteiger partial charge in [-0.15, -0.1) is 0 Å². The molecule has 1 aromatic carbocycles. The molecule has 0 atom stereocenters. The van der Waals surface area contributed by atoms with Crippen LogP contribution in [0.1, 0.15) is 17.4 Å². The average Bonchev–Trinajstić information content (AvgIpc) is 2.65. The molecule has 1 aromatic heterocycles. The van der Waals surface area contributed by atoms with Gasteiger partial charge in [-0.25, -0.2) is 4.79 Å². The molecule has 2 aromatic rings. The molecule has 0 unspecified atom stereocenters. The molecule has 0 aliphatic heterocycles. The smallest absolute Gasteiger partial charge is 0.381 e. The molecule has 0 N–H and O–H groups in total. The van der Waals surface area contributed by atoms with Gasteiger partial charge in [0.2, 0.25) is 0 Å². The van der Waals surface area contributed by atoms with Crippen LogP contribution in [-0.2, 0) is 16.6 Å². The standard InChI is InChI=1S/C13H12ClNO3/c1-3-18-13(17)12(16)11-7-8-6-9(14)4-5-10(8)15(11)2/h4-7H,3H2,1-2H3. The molecule has 0 saturated carbocycles. The Labute approximate surface area is 109 Å². The van der Waals surface area contributed by atoms with Crippen molar-refractivity contribution < 1.29 is 14.3 Å². The van der Waals surface area contributed by atoms with Gasteiger partial charge in [0.15, 0.2) is 0 Å². The molecule has 0 bridgehead atoms. The summed E-state index contributed by atoms with van der Waals surface area (Å²) in [6.07, 6.45) is 0. The molecule has 2 rings (SSSR count). The van der Waals surface area contributed by atoms with E-state index in [-0.39, 0.29) is 6.61 Å². The summed E-state index contributed by atoms with van der Waals surface area (Å²) in [6.45, 7) is 1.84. The first kappa shape index (κ1) is 12.6. The molecule has 0 spiro atoms. The third-order valence-corrected chi connectivity index (χ3v) is 2.93. The highest BCUT2D eigenvalue weighted by atomic mass is 35.5. The number of ether oxygens (including phenoxy) is 1. The highest BCUT2D eigenvalue weighted by molar-refractivity contribution is 6.40. The lowest BCUT2D eigenvalue weighted by Crippen LogP contribution is -2.19. The number of carbonyl (C=O) groups is 2. The number of rotatable bonds is 3. The number of aryl methyl sites for hydroxylation is 1. The van der Waals surface area contributed by atoms with Gasteiger partial charge in [-0.3, -0.25) is 4.79 Å². The predicted molar refractivity (Wildman–Crippen MR) is 68.9 cm³/mol. The number of hydrogen-bond donors (Lipinski definition) is 0. The average molecular weight is 266 g/mol. The van der Waals surface area contributed by atoms with Crippen LogP contribution < -0.4 is 0 Å². The minimum absolute atomic E-state index is 0.181. The van der Waals surface area contributed by atoms with Crippen LogP contribution in [0.5, 0.6) is 0 Å². The topological polar surface area (TPSA) is 48.3 Å². The van der Waals surface area contributed by atoms with E-state index >= 15 is 0 Å². The van der Waals surface area contributed by atoms with Gasteiger partial charge in [-0.2, -0.15) is 0 Å². The summed E-state index contributed by atoms with van der Waals surface area (Å²) in [5, 5.41) is 1.40. The number of hydrogen-bond acceptors (Lipinski definition) is 3. The predicted octanol–water partition coefficient (Wildman–Crippen LogP) is 2.58. The van der Waals surface area contributed by atoms with Gasteiger partial charge in [-0.1, -0.05) is 11.6 Å². The van der Waals surface area contributed by atoms with Crippen LogP contribution >= 0.6 is 11.6 Å². The van der Waals surface area contributed by atoms with Gasteiger partial charge >= 0.3 is 5.97 Å². The quantitative estimate of drug-likeness (QED) is 0.487. The van der Waals surface area contributed by atoms with E-state index in [9.17, 15) is 9.59 Å². The summed E-state index contributed by atoms with van der Waals surface area (Å²) in [7, 11) is 1.72. The van der Waals surface area contributed by atoms with Crippen molar-refractivity contribution in [1.29, 1.82) is 0 Å². The molecule has 0 aliphatic rings. The fourth-order valence-corrected chi connectivity index (χ4v) is 2.02. The summed E-state index contributed by atoms with van der Waals surface area (Å²) in [5.41, 5.74) is 1.14. The lowest BCUT2D eigenvalue weighted by Gasteiger charge is -2.03. The molecule has 0 radical (unpaired) electrons. The van der Waals surface area contributed by atoms with Gasteiger partial charge in [0.05, 0.1) is 12.3 Å². The Bertz CT molecular complexity index is 630. The van der Waals surface area contributed by atoms with Crippen molar-refractivity contribution in [3.8, 4) is 0 Å². The third-order valence-electron chi connectivity index (χ3n) is 2.70. The Hall–Kier alpha value is -1.81.